The predicted octanol–water partition coefficient (Wildman–Crippen LogP) is 2.45. The van der Waals surface area contributed by atoms with Gasteiger partial charge in [-0.05, 0) is 39.8 Å². The van der Waals surface area contributed by atoms with Crippen LogP contribution in [-0.2, 0) is 11.2 Å². The Kier molecular flexibility index (Phi) is 6.61. The van der Waals surface area contributed by atoms with Crippen molar-refractivity contribution >= 4 is 29.9 Å². The lowest BCUT2D eigenvalue weighted by atomic mass is 10.0. The van der Waals surface area contributed by atoms with E-state index in [1.807, 2.05) is 53.4 Å². The molecule has 1 aliphatic rings. The molecule has 28 heavy (non-hydrogen) atoms. The van der Waals surface area contributed by atoms with E-state index in [4.69, 9.17) is 11.6 Å². The number of hydrogen-bond donors (Lipinski definition) is 1. The van der Waals surface area contributed by atoms with Gasteiger partial charge in [0.2, 0.25) is 5.91 Å². The zero-order valence-electron chi connectivity index (χ0n) is 15.0. The molecule has 0 aliphatic carbocycles. The number of hydrogen-bond acceptors (Lipinski definition) is 5. The third kappa shape index (κ3) is 4.32. The molecule has 1 N–H and O–H groups in total. The molecule has 146 valence electrons. The lowest BCUT2D eigenvalue weighted by Gasteiger charge is -2.37. The lowest BCUT2D eigenvalue weighted by Crippen LogP contribution is -2.49. The number of halogens is 2. The van der Waals surface area contributed by atoms with Crippen molar-refractivity contribution in [3.63, 3.8) is 0 Å². The van der Waals surface area contributed by atoms with Gasteiger partial charge in [-0.3, -0.25) is 4.79 Å². The van der Waals surface area contributed by atoms with E-state index in [-0.39, 0.29) is 24.4 Å². The molecule has 0 bridgehead atoms. The maximum Gasteiger partial charge on any atom is 0.227 e. The average Bonchev–Trinajstić information content (AvgIpc) is 3.24. The van der Waals surface area contributed by atoms with E-state index >= 15 is 0 Å². The molecule has 1 aromatic heterocycles. The Morgan fingerprint density at radius 1 is 1.18 bits per heavy atom. The molecular weight excluding hydrogens is 399 g/mol. The number of amides is 1. The van der Waals surface area contributed by atoms with Crippen molar-refractivity contribution in [2.45, 2.75) is 12.5 Å². The van der Waals surface area contributed by atoms with Gasteiger partial charge in [0.25, 0.3) is 0 Å². The minimum Gasteiger partial charge on any atom is -0.333 e. The molecule has 0 saturated carbocycles. The highest BCUT2D eigenvalue weighted by Gasteiger charge is 2.29. The van der Waals surface area contributed by atoms with Crippen molar-refractivity contribution in [1.29, 1.82) is 0 Å². The first-order valence-electron chi connectivity index (χ1n) is 8.79. The molecule has 1 atom stereocenters. The van der Waals surface area contributed by atoms with E-state index < -0.39 is 0 Å². The topological polar surface area (TPSA) is 75.9 Å². The minimum atomic E-state index is -0.0551. The van der Waals surface area contributed by atoms with Crippen LogP contribution in [0.15, 0.2) is 54.9 Å². The summed E-state index contributed by atoms with van der Waals surface area (Å²) in [5.41, 5.74) is 2.79. The van der Waals surface area contributed by atoms with E-state index in [2.05, 4.69) is 20.8 Å². The van der Waals surface area contributed by atoms with Crippen LogP contribution in [0.3, 0.4) is 0 Å². The summed E-state index contributed by atoms with van der Waals surface area (Å²) < 4.78 is 1.58. The summed E-state index contributed by atoms with van der Waals surface area (Å²) in [6.07, 6.45) is 1.88. The van der Waals surface area contributed by atoms with Gasteiger partial charge in [-0.25, -0.2) is 4.68 Å². The monoisotopic (exact) mass is 418 g/mol. The molecule has 4 rings (SSSR count). The summed E-state index contributed by atoms with van der Waals surface area (Å²) in [5.74, 6) is 0.0941. The number of nitrogens with one attached hydrogen (secondary N) is 1. The van der Waals surface area contributed by atoms with Crippen LogP contribution >= 0.6 is 24.0 Å². The Labute approximate surface area is 174 Å². The van der Waals surface area contributed by atoms with Gasteiger partial charge in [0.1, 0.15) is 6.33 Å². The molecule has 7 nitrogen and oxygen atoms in total. The molecule has 2 heterocycles. The number of tetrazole rings is 1. The van der Waals surface area contributed by atoms with E-state index in [1.165, 1.54) is 6.33 Å². The number of carbonyl (C=O) groups is 1. The van der Waals surface area contributed by atoms with E-state index in [0.717, 1.165) is 23.4 Å². The molecule has 0 radical (unpaired) electrons. The molecular formula is C19H20Cl2N6O. The predicted molar refractivity (Wildman–Crippen MR) is 109 cm³/mol. The van der Waals surface area contributed by atoms with Gasteiger partial charge in [0, 0.05) is 24.7 Å². The lowest BCUT2D eigenvalue weighted by molar-refractivity contribution is -0.133. The SMILES string of the molecule is Cl.O=C(Cc1ccc(-n2cnnn2)cc1)N1CCNCC1c1ccccc1Cl. The molecule has 2 aromatic carbocycles. The van der Waals surface area contributed by atoms with Crippen LogP contribution < -0.4 is 5.32 Å². The summed E-state index contributed by atoms with van der Waals surface area (Å²) in [4.78, 5) is 14.9. The van der Waals surface area contributed by atoms with Crippen molar-refractivity contribution in [2.24, 2.45) is 0 Å². The van der Waals surface area contributed by atoms with Gasteiger partial charge in [-0.2, -0.15) is 0 Å². The second-order valence-corrected chi connectivity index (χ2v) is 6.83. The van der Waals surface area contributed by atoms with Crippen molar-refractivity contribution in [3.8, 4) is 5.69 Å². The van der Waals surface area contributed by atoms with Crippen LogP contribution in [-0.4, -0.2) is 50.6 Å². The summed E-state index contributed by atoms with van der Waals surface area (Å²) in [6, 6.07) is 15.3. The highest BCUT2D eigenvalue weighted by Crippen LogP contribution is 2.29. The second kappa shape index (κ2) is 9.14. The first-order chi connectivity index (χ1) is 13.2. The van der Waals surface area contributed by atoms with Gasteiger partial charge in [0.05, 0.1) is 18.2 Å². The Balaban J connectivity index is 0.00000225. The molecule has 1 unspecified atom stereocenters. The van der Waals surface area contributed by atoms with Crippen molar-refractivity contribution in [1.82, 2.24) is 30.4 Å². The fourth-order valence-electron chi connectivity index (χ4n) is 3.35. The van der Waals surface area contributed by atoms with E-state index in [1.54, 1.807) is 4.68 Å². The number of aromatic nitrogens is 4. The third-order valence-electron chi connectivity index (χ3n) is 4.73. The fourth-order valence-corrected chi connectivity index (χ4v) is 3.61. The summed E-state index contributed by atoms with van der Waals surface area (Å²) in [7, 11) is 0. The number of carbonyl (C=O) groups excluding carboxylic acids is 1. The zero-order chi connectivity index (χ0) is 18.6. The number of piperazine rings is 1. The molecule has 9 heteroatoms. The number of benzene rings is 2. The van der Waals surface area contributed by atoms with Crippen LogP contribution in [0.5, 0.6) is 0 Å². The van der Waals surface area contributed by atoms with E-state index in [9.17, 15) is 4.79 Å². The van der Waals surface area contributed by atoms with Crippen LogP contribution in [0, 0.1) is 0 Å². The Morgan fingerprint density at radius 3 is 2.68 bits per heavy atom. The largest absolute Gasteiger partial charge is 0.333 e. The maximum atomic E-state index is 13.0. The maximum absolute atomic E-state index is 13.0. The summed E-state index contributed by atoms with van der Waals surface area (Å²) >= 11 is 6.37. The Hall–Kier alpha value is -2.48. The fraction of sp³-hybridized carbons (Fsp3) is 0.263. The summed E-state index contributed by atoms with van der Waals surface area (Å²) in [5, 5.41) is 15.2. The van der Waals surface area contributed by atoms with Crippen LogP contribution in [0.1, 0.15) is 17.2 Å². The highest BCUT2D eigenvalue weighted by molar-refractivity contribution is 6.31. The Morgan fingerprint density at radius 2 is 1.96 bits per heavy atom. The number of rotatable bonds is 4. The van der Waals surface area contributed by atoms with E-state index in [0.29, 0.717) is 24.5 Å². The van der Waals surface area contributed by atoms with Gasteiger partial charge >= 0.3 is 0 Å². The van der Waals surface area contributed by atoms with Crippen LogP contribution in [0.25, 0.3) is 5.69 Å². The quantitative estimate of drug-likeness (QED) is 0.703. The van der Waals surface area contributed by atoms with Gasteiger partial charge in [-0.1, -0.05) is 41.9 Å². The molecule has 1 fully saturated rings. The van der Waals surface area contributed by atoms with Gasteiger partial charge in [0.15, 0.2) is 0 Å². The molecule has 3 aromatic rings. The normalized spacial score (nSPS) is 16.5. The molecule has 1 amide bonds. The van der Waals surface area contributed by atoms with Gasteiger partial charge < -0.3 is 10.2 Å². The average molecular weight is 419 g/mol. The molecule has 1 aliphatic heterocycles. The standard InChI is InChI=1S/C19H19ClN6O.ClH/c20-17-4-2-1-3-16(17)18-12-21-9-10-25(18)19(27)11-14-5-7-15(8-6-14)26-13-22-23-24-26;/h1-8,13,18,21H,9-12H2;1H. The van der Waals surface area contributed by atoms with Gasteiger partial charge in [-0.15, -0.1) is 17.5 Å². The van der Waals surface area contributed by atoms with Crippen molar-refractivity contribution < 1.29 is 4.79 Å². The smallest absolute Gasteiger partial charge is 0.227 e. The van der Waals surface area contributed by atoms with Crippen molar-refractivity contribution in [3.05, 3.63) is 71.0 Å². The molecule has 1 saturated heterocycles. The molecule has 0 spiro atoms. The second-order valence-electron chi connectivity index (χ2n) is 6.43. The Bertz CT molecular complexity index is 916. The van der Waals surface area contributed by atoms with Crippen LogP contribution in [0.2, 0.25) is 5.02 Å². The first kappa shape index (κ1) is 20.3. The third-order valence-corrected chi connectivity index (χ3v) is 5.08. The first-order valence-corrected chi connectivity index (χ1v) is 9.17. The number of nitrogens with zero attached hydrogens (tertiary/aromatic N) is 5. The highest BCUT2D eigenvalue weighted by atomic mass is 35.5. The zero-order valence-corrected chi connectivity index (χ0v) is 16.6. The summed E-state index contributed by atoms with van der Waals surface area (Å²) in [6.45, 7) is 2.15. The van der Waals surface area contributed by atoms with Crippen molar-refractivity contribution in [2.75, 3.05) is 19.6 Å². The van der Waals surface area contributed by atoms with Crippen LogP contribution in [0.4, 0.5) is 0 Å². The minimum absolute atomic E-state index is 0.